The molecule has 0 atom stereocenters. The fourth-order valence-electron chi connectivity index (χ4n) is 1.21. The molecule has 1 aliphatic rings. The molecule has 80 valence electrons. The summed E-state index contributed by atoms with van der Waals surface area (Å²) in [4.78, 5) is 14.9. The third-order valence-corrected chi connectivity index (χ3v) is 2.57. The van der Waals surface area contributed by atoms with E-state index >= 15 is 0 Å². The third-order valence-electron chi connectivity index (χ3n) is 1.84. The number of fused-ring (bicyclic) bond motifs is 1. The maximum absolute atomic E-state index is 11.0. The molecule has 2 rings (SSSR count). The smallest absolute Gasteiger partial charge is 0.341 e. The Morgan fingerprint density at radius 3 is 2.93 bits per heavy atom. The molecule has 2 heterocycles. The van der Waals surface area contributed by atoms with Crippen LogP contribution in [0.1, 0.15) is 10.4 Å². The topological polar surface area (TPSA) is 77.9 Å². The standard InChI is InChI=1S/C8H6BrNO5/c1-13-6-4(9)3(8(11)12)5-7(10-6)15-2-14-5/h2H2,1H3,(H,11,12). The highest BCUT2D eigenvalue weighted by Gasteiger charge is 2.29. The predicted octanol–water partition coefficient (Wildman–Crippen LogP) is 1.28. The largest absolute Gasteiger partial charge is 0.480 e. The SMILES string of the molecule is COc1nc2c(c(C(=O)O)c1Br)OCO2. The average molecular weight is 276 g/mol. The maximum Gasteiger partial charge on any atom is 0.341 e. The minimum absolute atomic E-state index is 0.0395. The normalized spacial score (nSPS) is 12.7. The first-order chi connectivity index (χ1) is 7.15. The number of aromatic nitrogens is 1. The van der Waals surface area contributed by atoms with E-state index in [1.807, 2.05) is 0 Å². The van der Waals surface area contributed by atoms with Gasteiger partial charge in [0.2, 0.25) is 18.4 Å². The van der Waals surface area contributed by atoms with Gasteiger partial charge in [-0.05, 0) is 15.9 Å². The molecular formula is C8H6BrNO5. The van der Waals surface area contributed by atoms with Crippen molar-refractivity contribution in [3.05, 3.63) is 10.0 Å². The van der Waals surface area contributed by atoms with Gasteiger partial charge < -0.3 is 19.3 Å². The molecule has 0 fully saturated rings. The lowest BCUT2D eigenvalue weighted by molar-refractivity contribution is 0.0690. The van der Waals surface area contributed by atoms with E-state index < -0.39 is 5.97 Å². The van der Waals surface area contributed by atoms with Gasteiger partial charge in [0, 0.05) is 0 Å². The first kappa shape index (κ1) is 10.0. The molecule has 0 aromatic carbocycles. The van der Waals surface area contributed by atoms with Crippen LogP contribution in [0.15, 0.2) is 4.47 Å². The Morgan fingerprint density at radius 1 is 1.60 bits per heavy atom. The average Bonchev–Trinajstić information content (AvgIpc) is 2.63. The van der Waals surface area contributed by atoms with Crippen molar-refractivity contribution in [2.75, 3.05) is 13.9 Å². The van der Waals surface area contributed by atoms with Gasteiger partial charge in [-0.1, -0.05) is 0 Å². The summed E-state index contributed by atoms with van der Waals surface area (Å²) in [5, 5.41) is 9.00. The molecule has 0 aliphatic carbocycles. The molecule has 1 aromatic heterocycles. The van der Waals surface area contributed by atoms with Crippen LogP contribution in [0.2, 0.25) is 0 Å². The van der Waals surface area contributed by atoms with Crippen LogP contribution in [-0.4, -0.2) is 30.0 Å². The summed E-state index contributed by atoms with van der Waals surface area (Å²) in [7, 11) is 1.39. The summed E-state index contributed by atoms with van der Waals surface area (Å²) in [5.74, 6) is -0.733. The first-order valence-electron chi connectivity index (χ1n) is 3.91. The Labute approximate surface area is 92.9 Å². The fourth-order valence-corrected chi connectivity index (χ4v) is 1.81. The zero-order chi connectivity index (χ0) is 11.0. The van der Waals surface area contributed by atoms with Crippen molar-refractivity contribution >= 4 is 21.9 Å². The molecule has 0 amide bonds. The minimum atomic E-state index is -1.13. The second-order valence-corrected chi connectivity index (χ2v) is 3.45. The molecule has 1 aromatic rings. The number of hydrogen-bond acceptors (Lipinski definition) is 5. The Kier molecular flexibility index (Phi) is 2.39. The maximum atomic E-state index is 11.0. The Balaban J connectivity index is 2.69. The lowest BCUT2D eigenvalue weighted by Crippen LogP contribution is -2.03. The Morgan fingerprint density at radius 2 is 2.33 bits per heavy atom. The number of carboxylic acid groups (broad SMARTS) is 1. The van der Waals surface area contributed by atoms with E-state index in [4.69, 9.17) is 19.3 Å². The summed E-state index contributed by atoms with van der Waals surface area (Å²) in [5.41, 5.74) is -0.0469. The number of halogens is 1. The van der Waals surface area contributed by atoms with Gasteiger partial charge in [-0.3, -0.25) is 0 Å². The van der Waals surface area contributed by atoms with Gasteiger partial charge >= 0.3 is 5.97 Å². The molecule has 0 spiro atoms. The summed E-state index contributed by atoms with van der Waals surface area (Å²) in [6, 6.07) is 0. The number of carbonyl (C=O) groups is 1. The second kappa shape index (κ2) is 3.58. The summed E-state index contributed by atoms with van der Waals surface area (Å²) < 4.78 is 15.2. The molecule has 15 heavy (non-hydrogen) atoms. The van der Waals surface area contributed by atoms with Crippen molar-refractivity contribution in [3.8, 4) is 17.5 Å². The van der Waals surface area contributed by atoms with Crippen LogP contribution in [0, 0.1) is 0 Å². The van der Waals surface area contributed by atoms with Crippen LogP contribution >= 0.6 is 15.9 Å². The molecule has 1 aliphatic heterocycles. The number of nitrogens with zero attached hydrogens (tertiary/aromatic N) is 1. The number of aromatic carboxylic acids is 1. The molecular weight excluding hydrogens is 270 g/mol. The Hall–Kier alpha value is -1.50. The van der Waals surface area contributed by atoms with E-state index in [9.17, 15) is 4.79 Å². The van der Waals surface area contributed by atoms with Crippen molar-refractivity contribution in [1.29, 1.82) is 0 Å². The summed E-state index contributed by atoms with van der Waals surface area (Å²) in [6.45, 7) is -0.0395. The van der Waals surface area contributed by atoms with Gasteiger partial charge in [0.1, 0.15) is 5.56 Å². The number of ether oxygens (including phenoxy) is 3. The van der Waals surface area contributed by atoms with Crippen molar-refractivity contribution in [3.63, 3.8) is 0 Å². The van der Waals surface area contributed by atoms with Gasteiger partial charge in [0.05, 0.1) is 11.6 Å². The number of hydrogen-bond donors (Lipinski definition) is 1. The molecule has 0 saturated heterocycles. The monoisotopic (exact) mass is 275 g/mol. The van der Waals surface area contributed by atoms with E-state index in [-0.39, 0.29) is 34.3 Å². The highest BCUT2D eigenvalue weighted by Crippen LogP contribution is 2.42. The highest BCUT2D eigenvalue weighted by molar-refractivity contribution is 9.10. The van der Waals surface area contributed by atoms with Crippen molar-refractivity contribution in [2.24, 2.45) is 0 Å². The predicted molar refractivity (Wildman–Crippen MR) is 51.6 cm³/mol. The van der Waals surface area contributed by atoms with E-state index in [1.165, 1.54) is 7.11 Å². The Bertz CT molecular complexity index is 433. The molecule has 0 radical (unpaired) electrons. The van der Waals surface area contributed by atoms with Crippen molar-refractivity contribution in [2.45, 2.75) is 0 Å². The molecule has 7 heteroatoms. The highest BCUT2D eigenvalue weighted by atomic mass is 79.9. The van der Waals surface area contributed by atoms with Gasteiger partial charge in [-0.2, -0.15) is 4.98 Å². The van der Waals surface area contributed by atoms with Crippen LogP contribution in [0.25, 0.3) is 0 Å². The van der Waals surface area contributed by atoms with E-state index in [0.717, 1.165) is 0 Å². The quantitative estimate of drug-likeness (QED) is 0.876. The lowest BCUT2D eigenvalue weighted by atomic mass is 10.2. The van der Waals surface area contributed by atoms with E-state index in [0.29, 0.717) is 0 Å². The van der Waals surface area contributed by atoms with Crippen LogP contribution in [0.3, 0.4) is 0 Å². The minimum Gasteiger partial charge on any atom is -0.480 e. The number of methoxy groups -OCH3 is 1. The van der Waals surface area contributed by atoms with Gasteiger partial charge in [0.25, 0.3) is 5.88 Å². The van der Waals surface area contributed by atoms with Crippen LogP contribution in [0.5, 0.6) is 17.5 Å². The zero-order valence-corrected chi connectivity index (χ0v) is 9.20. The van der Waals surface area contributed by atoms with Gasteiger partial charge in [0.15, 0.2) is 0 Å². The summed E-state index contributed by atoms with van der Waals surface area (Å²) >= 11 is 3.09. The second-order valence-electron chi connectivity index (χ2n) is 2.66. The van der Waals surface area contributed by atoms with Gasteiger partial charge in [-0.15, -0.1) is 0 Å². The molecule has 0 bridgehead atoms. The number of pyridine rings is 1. The molecule has 1 N–H and O–H groups in total. The van der Waals surface area contributed by atoms with Crippen molar-refractivity contribution < 1.29 is 24.1 Å². The summed E-state index contributed by atoms with van der Waals surface area (Å²) in [6.07, 6.45) is 0. The fraction of sp³-hybridized carbons (Fsp3) is 0.250. The van der Waals surface area contributed by atoms with E-state index in [1.54, 1.807) is 0 Å². The molecule has 6 nitrogen and oxygen atoms in total. The van der Waals surface area contributed by atoms with Crippen LogP contribution in [0.4, 0.5) is 0 Å². The lowest BCUT2D eigenvalue weighted by Gasteiger charge is -2.07. The first-order valence-corrected chi connectivity index (χ1v) is 4.70. The molecule has 0 unspecified atom stereocenters. The third kappa shape index (κ3) is 1.48. The van der Waals surface area contributed by atoms with Gasteiger partial charge in [-0.25, -0.2) is 4.79 Å². The van der Waals surface area contributed by atoms with Crippen LogP contribution < -0.4 is 14.2 Å². The van der Waals surface area contributed by atoms with Crippen molar-refractivity contribution in [1.82, 2.24) is 4.98 Å². The number of carboxylic acids is 1. The number of rotatable bonds is 2. The zero-order valence-electron chi connectivity index (χ0n) is 7.61. The van der Waals surface area contributed by atoms with Crippen LogP contribution in [-0.2, 0) is 0 Å². The molecule has 0 saturated carbocycles. The van der Waals surface area contributed by atoms with E-state index in [2.05, 4.69) is 20.9 Å².